The average Bonchev–Trinajstić information content (AvgIpc) is 3.04. The van der Waals surface area contributed by atoms with Crippen molar-refractivity contribution in [2.75, 3.05) is 19.6 Å². The van der Waals surface area contributed by atoms with Gasteiger partial charge in [-0.1, -0.05) is 11.6 Å². The maximum Gasteiger partial charge on any atom is 0.287 e. The van der Waals surface area contributed by atoms with Gasteiger partial charge in [-0.25, -0.2) is 8.42 Å². The highest BCUT2D eigenvalue weighted by molar-refractivity contribution is 7.89. The van der Waals surface area contributed by atoms with E-state index in [2.05, 4.69) is 11.4 Å². The Bertz CT molecular complexity index is 833. The molecule has 7 nitrogen and oxygen atoms in total. The summed E-state index contributed by atoms with van der Waals surface area (Å²) in [6.07, 6.45) is 7.36. The molecule has 1 aliphatic heterocycles. The zero-order chi connectivity index (χ0) is 20.3. The first-order valence-electron chi connectivity index (χ1n) is 9.99. The molecule has 156 valence electrons. The fraction of sp³-hybridized carbons (Fsp3) is 0.650. The van der Waals surface area contributed by atoms with Crippen LogP contribution in [-0.2, 0) is 14.8 Å². The molecule has 2 atom stereocenters. The summed E-state index contributed by atoms with van der Waals surface area (Å²) >= 11 is 0. The van der Waals surface area contributed by atoms with Crippen molar-refractivity contribution >= 4 is 15.9 Å². The molecule has 2 heterocycles. The van der Waals surface area contributed by atoms with Crippen molar-refractivity contribution in [3.05, 3.63) is 29.2 Å². The predicted octanol–water partition coefficient (Wildman–Crippen LogP) is 3.01. The second-order valence-corrected chi connectivity index (χ2v) is 9.63. The number of hydrogen-bond donors (Lipinski definition) is 1. The van der Waals surface area contributed by atoms with E-state index in [0.29, 0.717) is 6.54 Å². The summed E-state index contributed by atoms with van der Waals surface area (Å²) in [4.78, 5) is 12.5. The van der Waals surface area contributed by atoms with E-state index in [9.17, 15) is 13.2 Å². The summed E-state index contributed by atoms with van der Waals surface area (Å²) in [6.45, 7) is 6.36. The third-order valence-corrected chi connectivity index (χ3v) is 7.16. The van der Waals surface area contributed by atoms with Crippen LogP contribution < -0.4 is 5.32 Å². The van der Waals surface area contributed by atoms with Crippen molar-refractivity contribution in [2.45, 2.75) is 70.0 Å². The van der Waals surface area contributed by atoms with Crippen LogP contribution in [0.4, 0.5) is 0 Å². The smallest absolute Gasteiger partial charge is 0.287 e. The Kier molecular flexibility index (Phi) is 6.62. The number of carbonyl (C=O) groups is 1. The lowest BCUT2D eigenvalue weighted by atomic mass is 9.97. The van der Waals surface area contributed by atoms with Crippen LogP contribution in [0, 0.1) is 6.92 Å². The van der Waals surface area contributed by atoms with Gasteiger partial charge in [0.2, 0.25) is 10.0 Å². The molecule has 0 aromatic carbocycles. The van der Waals surface area contributed by atoms with E-state index in [1.807, 2.05) is 13.8 Å². The van der Waals surface area contributed by atoms with Gasteiger partial charge >= 0.3 is 0 Å². The van der Waals surface area contributed by atoms with Gasteiger partial charge in [-0.2, -0.15) is 4.31 Å². The van der Waals surface area contributed by atoms with Crippen LogP contribution >= 0.6 is 0 Å². The molecule has 2 unspecified atom stereocenters. The van der Waals surface area contributed by atoms with Gasteiger partial charge in [-0.15, -0.1) is 0 Å². The third-order valence-electron chi connectivity index (χ3n) is 5.22. The van der Waals surface area contributed by atoms with Crippen LogP contribution in [0.2, 0.25) is 0 Å². The molecule has 0 radical (unpaired) electrons. The fourth-order valence-electron chi connectivity index (χ4n) is 3.85. The molecule has 1 aromatic heterocycles. The van der Waals surface area contributed by atoms with E-state index < -0.39 is 10.0 Å². The Morgan fingerprint density at radius 3 is 2.61 bits per heavy atom. The number of nitrogens with zero attached hydrogens (tertiary/aromatic N) is 1. The van der Waals surface area contributed by atoms with Crippen molar-refractivity contribution in [1.82, 2.24) is 9.62 Å². The second-order valence-electron chi connectivity index (χ2n) is 7.72. The summed E-state index contributed by atoms with van der Waals surface area (Å²) in [5, 5.41) is 2.83. The Balaban J connectivity index is 1.66. The monoisotopic (exact) mass is 410 g/mol. The first-order valence-corrected chi connectivity index (χ1v) is 11.4. The zero-order valence-corrected chi connectivity index (χ0v) is 17.7. The van der Waals surface area contributed by atoms with Crippen LogP contribution in [0.15, 0.2) is 27.0 Å². The lowest BCUT2D eigenvalue weighted by Gasteiger charge is -2.34. The summed E-state index contributed by atoms with van der Waals surface area (Å²) in [7, 11) is -3.74. The highest BCUT2D eigenvalue weighted by Crippen LogP contribution is 2.26. The zero-order valence-electron chi connectivity index (χ0n) is 16.9. The van der Waals surface area contributed by atoms with Crippen LogP contribution in [0.3, 0.4) is 0 Å². The van der Waals surface area contributed by atoms with Gasteiger partial charge in [0.05, 0.1) is 12.2 Å². The first kappa shape index (κ1) is 21.1. The molecule has 0 saturated carbocycles. The molecule has 1 aromatic rings. The van der Waals surface area contributed by atoms with E-state index in [4.69, 9.17) is 9.15 Å². The van der Waals surface area contributed by atoms with Gasteiger partial charge in [-0.05, 0) is 52.9 Å². The normalized spacial score (nSPS) is 24.0. The summed E-state index contributed by atoms with van der Waals surface area (Å²) in [5.74, 6) is -0.125. The minimum atomic E-state index is -3.74. The largest absolute Gasteiger partial charge is 0.455 e. The maximum atomic E-state index is 13.0. The summed E-state index contributed by atoms with van der Waals surface area (Å²) in [6, 6.07) is 1.34. The van der Waals surface area contributed by atoms with Gasteiger partial charge in [0.25, 0.3) is 5.91 Å². The minimum Gasteiger partial charge on any atom is -0.455 e. The molecule has 1 saturated heterocycles. The molecule has 1 aliphatic carbocycles. The number of sulfonamides is 1. The molecule has 8 heteroatoms. The van der Waals surface area contributed by atoms with E-state index in [1.165, 1.54) is 28.8 Å². The third kappa shape index (κ3) is 4.85. The molecule has 3 rings (SSSR count). The van der Waals surface area contributed by atoms with Crippen molar-refractivity contribution < 1.29 is 22.4 Å². The van der Waals surface area contributed by atoms with Gasteiger partial charge in [0.1, 0.15) is 10.7 Å². The molecule has 0 spiro atoms. The van der Waals surface area contributed by atoms with Crippen molar-refractivity contribution in [2.24, 2.45) is 0 Å². The second kappa shape index (κ2) is 8.80. The highest BCUT2D eigenvalue weighted by atomic mass is 32.2. The summed E-state index contributed by atoms with van der Waals surface area (Å²) < 4.78 is 38.6. The number of amides is 1. The minimum absolute atomic E-state index is 0.0306. The van der Waals surface area contributed by atoms with Gasteiger partial charge < -0.3 is 14.5 Å². The Morgan fingerprint density at radius 1 is 1.25 bits per heavy atom. The number of nitrogens with one attached hydrogen (secondary N) is 1. The van der Waals surface area contributed by atoms with Gasteiger partial charge in [0, 0.05) is 25.7 Å². The van der Waals surface area contributed by atoms with Gasteiger partial charge in [0.15, 0.2) is 5.76 Å². The quantitative estimate of drug-likeness (QED) is 0.728. The highest BCUT2D eigenvalue weighted by Gasteiger charge is 2.35. The number of aryl methyl sites for hydroxylation is 1. The lowest BCUT2D eigenvalue weighted by Crippen LogP contribution is -2.48. The molecule has 1 N–H and O–H groups in total. The average molecular weight is 411 g/mol. The fourth-order valence-corrected chi connectivity index (χ4v) is 5.61. The Labute approximate surface area is 167 Å². The molecule has 1 amide bonds. The molecule has 1 fully saturated rings. The number of furan rings is 1. The number of rotatable bonds is 6. The standard InChI is InChI=1S/C20H30N2O5S/c1-14-12-22(13-15(2)26-14)28(24,25)19-11-18(27-16(19)3)20(23)21-10-9-17-7-5-4-6-8-17/h7,11,14-15H,4-6,8-10,12-13H2,1-3H3,(H,21,23). The van der Waals surface area contributed by atoms with Gasteiger partial charge in [-0.3, -0.25) is 4.79 Å². The van der Waals surface area contributed by atoms with Crippen molar-refractivity contribution in [1.29, 1.82) is 0 Å². The molecular formula is C20H30N2O5S. The number of ether oxygens (including phenoxy) is 1. The van der Waals surface area contributed by atoms with Crippen LogP contribution in [0.5, 0.6) is 0 Å². The topological polar surface area (TPSA) is 88.8 Å². The van der Waals surface area contributed by atoms with E-state index in [0.717, 1.165) is 19.3 Å². The first-order chi connectivity index (χ1) is 13.3. The van der Waals surface area contributed by atoms with Crippen LogP contribution in [-0.4, -0.2) is 50.5 Å². The number of allylic oxidation sites excluding steroid dienone is 1. The lowest BCUT2D eigenvalue weighted by molar-refractivity contribution is -0.0441. The predicted molar refractivity (Wildman–Crippen MR) is 106 cm³/mol. The van der Waals surface area contributed by atoms with E-state index >= 15 is 0 Å². The SMILES string of the molecule is Cc1oc(C(=O)NCCC2=CCCCC2)cc1S(=O)(=O)N1CC(C)OC(C)C1. The molecular weight excluding hydrogens is 380 g/mol. The molecule has 0 bridgehead atoms. The maximum absolute atomic E-state index is 13.0. The van der Waals surface area contributed by atoms with Crippen LogP contribution in [0.25, 0.3) is 0 Å². The molecule has 2 aliphatic rings. The number of morpholine rings is 1. The Hall–Kier alpha value is -1.64. The summed E-state index contributed by atoms with van der Waals surface area (Å²) in [5.41, 5.74) is 1.38. The molecule has 28 heavy (non-hydrogen) atoms. The van der Waals surface area contributed by atoms with E-state index in [1.54, 1.807) is 6.92 Å². The van der Waals surface area contributed by atoms with Crippen LogP contribution in [0.1, 0.15) is 62.3 Å². The van der Waals surface area contributed by atoms with Crippen molar-refractivity contribution in [3.63, 3.8) is 0 Å². The Morgan fingerprint density at radius 2 is 1.96 bits per heavy atom. The van der Waals surface area contributed by atoms with Crippen molar-refractivity contribution in [3.8, 4) is 0 Å². The number of carbonyl (C=O) groups excluding carboxylic acids is 1. The number of hydrogen-bond acceptors (Lipinski definition) is 5. The van der Waals surface area contributed by atoms with E-state index in [-0.39, 0.29) is 47.6 Å².